The lowest BCUT2D eigenvalue weighted by atomic mass is 10.4. The van der Waals surface area contributed by atoms with Gasteiger partial charge < -0.3 is 10.6 Å². The molecule has 1 heterocycles. The van der Waals surface area contributed by atoms with E-state index in [0.717, 1.165) is 19.5 Å². The molecular weight excluding hydrogens is 204 g/mol. The molecule has 1 rings (SSSR count). The molecule has 0 saturated carbocycles. The average molecular weight is 222 g/mol. The zero-order valence-corrected chi connectivity index (χ0v) is 9.04. The van der Waals surface area contributed by atoms with E-state index in [4.69, 9.17) is 10.9 Å². The van der Waals surface area contributed by atoms with Gasteiger partial charge in [0.15, 0.2) is 0 Å². The van der Waals surface area contributed by atoms with Crippen LogP contribution in [0.15, 0.2) is 0 Å². The number of nitrogens with zero attached hydrogens (tertiary/aromatic N) is 2. The van der Waals surface area contributed by atoms with Gasteiger partial charge in [0.25, 0.3) is 10.2 Å². The van der Waals surface area contributed by atoms with E-state index in [2.05, 4.69) is 4.90 Å². The maximum Gasteiger partial charge on any atom is 0.276 e. The molecule has 1 aliphatic heterocycles. The molecule has 0 amide bonds. The smallest absolute Gasteiger partial charge is 0.276 e. The molecule has 84 valence electrons. The van der Waals surface area contributed by atoms with Crippen molar-refractivity contribution in [3.8, 4) is 0 Å². The van der Waals surface area contributed by atoms with Crippen LogP contribution < -0.4 is 10.9 Å². The Morgan fingerprint density at radius 1 is 1.14 bits per heavy atom. The molecule has 0 aliphatic carbocycles. The normalized spacial score (nSPS) is 22.1. The predicted molar refractivity (Wildman–Crippen MR) is 54.8 cm³/mol. The molecule has 6 nitrogen and oxygen atoms in total. The molecule has 0 atom stereocenters. The summed E-state index contributed by atoms with van der Waals surface area (Å²) in [6.45, 7) is 4.02. The molecule has 0 radical (unpaired) electrons. The van der Waals surface area contributed by atoms with Gasteiger partial charge in [-0.05, 0) is 13.0 Å². The fourth-order valence-corrected chi connectivity index (χ4v) is 2.33. The lowest BCUT2D eigenvalue weighted by molar-refractivity contribution is 0.294. The van der Waals surface area contributed by atoms with Crippen molar-refractivity contribution >= 4 is 10.2 Å². The third kappa shape index (κ3) is 3.50. The summed E-state index contributed by atoms with van der Waals surface area (Å²) in [4.78, 5) is 2.16. The third-order valence-corrected chi connectivity index (χ3v) is 3.44. The van der Waals surface area contributed by atoms with E-state index >= 15 is 0 Å². The van der Waals surface area contributed by atoms with Crippen molar-refractivity contribution in [2.45, 2.75) is 6.42 Å². The van der Waals surface area contributed by atoms with Crippen LogP contribution in [-0.4, -0.2) is 56.9 Å². The summed E-state index contributed by atoms with van der Waals surface area (Å²) < 4.78 is 23.5. The second-order valence-corrected chi connectivity index (χ2v) is 4.97. The Morgan fingerprint density at radius 3 is 2.43 bits per heavy atom. The van der Waals surface area contributed by atoms with Crippen LogP contribution in [-0.2, 0) is 10.2 Å². The molecule has 1 aliphatic rings. The van der Waals surface area contributed by atoms with Crippen LogP contribution in [0.1, 0.15) is 6.42 Å². The van der Waals surface area contributed by atoms with Crippen LogP contribution in [0.5, 0.6) is 0 Å². The van der Waals surface area contributed by atoms with Crippen LogP contribution in [0.25, 0.3) is 0 Å². The zero-order valence-electron chi connectivity index (χ0n) is 8.22. The maximum absolute atomic E-state index is 11.1. The van der Waals surface area contributed by atoms with E-state index in [-0.39, 0.29) is 0 Å². The largest absolute Gasteiger partial charge is 0.329 e. The minimum Gasteiger partial charge on any atom is -0.329 e. The summed E-state index contributed by atoms with van der Waals surface area (Å²) >= 11 is 0. The quantitative estimate of drug-likeness (QED) is 0.586. The Bertz CT molecular complexity index is 267. The Balaban J connectivity index is 2.49. The van der Waals surface area contributed by atoms with Gasteiger partial charge in [-0.1, -0.05) is 0 Å². The van der Waals surface area contributed by atoms with E-state index in [9.17, 15) is 8.42 Å². The summed E-state index contributed by atoms with van der Waals surface area (Å²) in [5.74, 6) is 0. The molecule has 7 heteroatoms. The Kier molecular flexibility index (Phi) is 4.27. The lowest BCUT2D eigenvalue weighted by Gasteiger charge is -2.19. The van der Waals surface area contributed by atoms with Crippen molar-refractivity contribution in [3.05, 3.63) is 0 Å². The molecule has 14 heavy (non-hydrogen) atoms. The van der Waals surface area contributed by atoms with E-state index < -0.39 is 10.2 Å². The van der Waals surface area contributed by atoms with Crippen molar-refractivity contribution in [1.82, 2.24) is 9.21 Å². The monoisotopic (exact) mass is 222 g/mol. The fourth-order valence-electron chi connectivity index (χ4n) is 1.61. The summed E-state index contributed by atoms with van der Waals surface area (Å²) in [6.07, 6.45) is 0.816. The van der Waals surface area contributed by atoms with Gasteiger partial charge in [-0.2, -0.15) is 12.7 Å². The molecule has 0 aromatic rings. The number of nitrogens with two attached hydrogens (primary N) is 2. The summed E-state index contributed by atoms with van der Waals surface area (Å²) in [6, 6.07) is 0. The van der Waals surface area contributed by atoms with Crippen LogP contribution in [0.4, 0.5) is 0 Å². The molecule has 0 aromatic heterocycles. The van der Waals surface area contributed by atoms with Crippen LogP contribution in [0.2, 0.25) is 0 Å². The van der Waals surface area contributed by atoms with Crippen LogP contribution in [0, 0.1) is 0 Å². The van der Waals surface area contributed by atoms with Gasteiger partial charge in [0.1, 0.15) is 0 Å². The maximum atomic E-state index is 11.1. The van der Waals surface area contributed by atoms with E-state index in [1.165, 1.54) is 4.31 Å². The first-order valence-corrected chi connectivity index (χ1v) is 6.24. The molecule has 4 N–H and O–H groups in total. The zero-order chi connectivity index (χ0) is 10.6. The van der Waals surface area contributed by atoms with E-state index in [1.54, 1.807) is 0 Å². The molecule has 0 unspecified atom stereocenters. The summed E-state index contributed by atoms with van der Waals surface area (Å²) in [5.41, 5.74) is 5.43. The molecule has 0 bridgehead atoms. The standard InChI is InChI=1S/C7H18N4O2S/c8-2-5-10-3-1-4-11(7-6-10)14(9,12)13/h1-8H2,(H2,9,12,13). The molecular formula is C7H18N4O2S. The highest BCUT2D eigenvalue weighted by atomic mass is 32.2. The fraction of sp³-hybridized carbons (Fsp3) is 1.00. The van der Waals surface area contributed by atoms with Gasteiger partial charge in [0.05, 0.1) is 0 Å². The van der Waals surface area contributed by atoms with Gasteiger partial charge in [-0.25, -0.2) is 5.14 Å². The Labute approximate surface area is 85.0 Å². The Hall–Kier alpha value is -0.210. The third-order valence-electron chi connectivity index (χ3n) is 2.35. The highest BCUT2D eigenvalue weighted by Crippen LogP contribution is 2.04. The first kappa shape index (κ1) is 11.9. The summed E-state index contributed by atoms with van der Waals surface area (Å²) in [7, 11) is -3.51. The average Bonchev–Trinajstić information content (AvgIpc) is 2.29. The first-order chi connectivity index (χ1) is 6.54. The molecule has 0 spiro atoms. The van der Waals surface area contributed by atoms with Gasteiger partial charge in [-0.3, -0.25) is 0 Å². The van der Waals surface area contributed by atoms with Gasteiger partial charge in [0.2, 0.25) is 0 Å². The van der Waals surface area contributed by atoms with Gasteiger partial charge in [0, 0.05) is 32.7 Å². The van der Waals surface area contributed by atoms with Gasteiger partial charge >= 0.3 is 0 Å². The highest BCUT2D eigenvalue weighted by molar-refractivity contribution is 7.86. The highest BCUT2D eigenvalue weighted by Gasteiger charge is 2.21. The van der Waals surface area contributed by atoms with E-state index in [1.807, 2.05) is 0 Å². The van der Waals surface area contributed by atoms with Crippen molar-refractivity contribution in [3.63, 3.8) is 0 Å². The number of rotatable bonds is 3. The second-order valence-electron chi connectivity index (χ2n) is 3.43. The minimum atomic E-state index is -3.51. The number of hydrogen-bond acceptors (Lipinski definition) is 4. The topological polar surface area (TPSA) is 92.7 Å². The second kappa shape index (κ2) is 5.04. The van der Waals surface area contributed by atoms with Crippen LogP contribution in [0.3, 0.4) is 0 Å². The van der Waals surface area contributed by atoms with Gasteiger partial charge in [-0.15, -0.1) is 0 Å². The Morgan fingerprint density at radius 2 is 1.86 bits per heavy atom. The minimum absolute atomic E-state index is 0.471. The van der Waals surface area contributed by atoms with Crippen molar-refractivity contribution < 1.29 is 8.42 Å². The SMILES string of the molecule is NCCN1CCCN(S(N)(=O)=O)CC1. The predicted octanol–water partition coefficient (Wildman–Crippen LogP) is -1.84. The van der Waals surface area contributed by atoms with Crippen molar-refractivity contribution in [2.75, 3.05) is 39.3 Å². The van der Waals surface area contributed by atoms with E-state index in [0.29, 0.717) is 26.2 Å². The van der Waals surface area contributed by atoms with Crippen molar-refractivity contribution in [2.24, 2.45) is 10.9 Å². The van der Waals surface area contributed by atoms with Crippen molar-refractivity contribution in [1.29, 1.82) is 0 Å². The molecule has 1 fully saturated rings. The first-order valence-electron chi connectivity index (χ1n) is 4.74. The van der Waals surface area contributed by atoms with Crippen LogP contribution >= 0.6 is 0 Å². The summed E-state index contributed by atoms with van der Waals surface area (Å²) in [5, 5.41) is 5.05. The molecule has 0 aromatic carbocycles. The number of hydrogen-bond donors (Lipinski definition) is 2. The lowest BCUT2D eigenvalue weighted by Crippen LogP contribution is -2.39. The molecule has 1 saturated heterocycles.